The summed E-state index contributed by atoms with van der Waals surface area (Å²) in [5.41, 5.74) is 0.964. The van der Waals surface area contributed by atoms with Crippen LogP contribution in [0.3, 0.4) is 0 Å². The summed E-state index contributed by atoms with van der Waals surface area (Å²) < 4.78 is 11.5. The molecule has 0 unspecified atom stereocenters. The molecule has 4 rings (SSSR count). The van der Waals surface area contributed by atoms with Gasteiger partial charge in [0.05, 0.1) is 5.56 Å². The van der Waals surface area contributed by atoms with Crippen LogP contribution in [-0.4, -0.2) is 47.8 Å². The predicted molar refractivity (Wildman–Crippen MR) is 112 cm³/mol. The predicted octanol–water partition coefficient (Wildman–Crippen LogP) is 2.84. The Morgan fingerprint density at radius 3 is 1.94 bits per heavy atom. The van der Waals surface area contributed by atoms with Crippen LogP contribution in [0, 0.1) is 6.92 Å². The fraction of sp³-hybridized carbons (Fsp3) is 0.174. The molecular formula is C23H20O10. The maximum atomic E-state index is 12.8. The molecule has 172 valence electrons. The van der Waals surface area contributed by atoms with Crippen LogP contribution in [0.15, 0.2) is 36.4 Å². The molecule has 3 aromatic rings. The van der Waals surface area contributed by atoms with E-state index in [2.05, 4.69) is 0 Å². The standard InChI is InChI=1S/C23H20O10/c1-9-2-13(24)12-8-19(33-23(31)11-6-16(27)21(30)17(28)7-11)22(32-18(12)3-9)10-4-14(25)20(29)15(26)5-10/h2-7,19,22,24-30H,8H2,1H3/t19-,22-/m1/s1. The van der Waals surface area contributed by atoms with E-state index in [1.165, 1.54) is 6.07 Å². The van der Waals surface area contributed by atoms with Crippen molar-refractivity contribution >= 4 is 5.97 Å². The number of aromatic hydroxyl groups is 7. The van der Waals surface area contributed by atoms with Crippen molar-refractivity contribution in [3.63, 3.8) is 0 Å². The van der Waals surface area contributed by atoms with Crippen molar-refractivity contribution in [3.05, 3.63) is 58.7 Å². The van der Waals surface area contributed by atoms with Crippen LogP contribution in [0.4, 0.5) is 0 Å². The van der Waals surface area contributed by atoms with E-state index in [9.17, 15) is 40.5 Å². The van der Waals surface area contributed by atoms with E-state index in [1.54, 1.807) is 13.0 Å². The average Bonchev–Trinajstić information content (AvgIpc) is 2.75. The quantitative estimate of drug-likeness (QED) is 0.229. The first-order valence-corrected chi connectivity index (χ1v) is 9.75. The molecule has 2 atom stereocenters. The van der Waals surface area contributed by atoms with E-state index < -0.39 is 52.7 Å². The topological polar surface area (TPSA) is 177 Å². The number of carbonyl (C=O) groups is 1. The minimum absolute atomic E-state index is 0.0176. The fourth-order valence-electron chi connectivity index (χ4n) is 3.70. The van der Waals surface area contributed by atoms with E-state index in [0.29, 0.717) is 16.9 Å². The normalized spacial score (nSPS) is 17.1. The van der Waals surface area contributed by atoms with Crippen molar-refractivity contribution in [2.75, 3.05) is 0 Å². The maximum absolute atomic E-state index is 12.8. The molecule has 0 fully saturated rings. The number of hydrogen-bond donors (Lipinski definition) is 7. The lowest BCUT2D eigenvalue weighted by Gasteiger charge is -2.34. The molecule has 0 aliphatic carbocycles. The zero-order chi connectivity index (χ0) is 24.0. The molecule has 0 saturated heterocycles. The largest absolute Gasteiger partial charge is 0.508 e. The number of esters is 1. The van der Waals surface area contributed by atoms with Gasteiger partial charge in [0.25, 0.3) is 0 Å². The van der Waals surface area contributed by atoms with E-state index in [4.69, 9.17) is 9.47 Å². The summed E-state index contributed by atoms with van der Waals surface area (Å²) in [5, 5.41) is 68.8. The molecule has 0 aromatic heterocycles. The van der Waals surface area contributed by atoms with Gasteiger partial charge >= 0.3 is 5.97 Å². The third-order valence-electron chi connectivity index (χ3n) is 5.31. The Labute approximate surface area is 186 Å². The van der Waals surface area contributed by atoms with Gasteiger partial charge in [-0.15, -0.1) is 0 Å². The highest BCUT2D eigenvalue weighted by Gasteiger charge is 2.37. The van der Waals surface area contributed by atoms with Crippen LogP contribution in [0.25, 0.3) is 0 Å². The van der Waals surface area contributed by atoms with Crippen LogP contribution in [-0.2, 0) is 11.2 Å². The second kappa shape index (κ2) is 7.90. The van der Waals surface area contributed by atoms with Gasteiger partial charge in [0.1, 0.15) is 17.6 Å². The summed E-state index contributed by atoms with van der Waals surface area (Å²) >= 11 is 0. The van der Waals surface area contributed by atoms with Crippen LogP contribution < -0.4 is 4.74 Å². The van der Waals surface area contributed by atoms with Gasteiger partial charge in [-0.2, -0.15) is 0 Å². The van der Waals surface area contributed by atoms with Gasteiger partial charge in [0.2, 0.25) is 0 Å². The molecule has 1 aliphatic rings. The number of fused-ring (bicyclic) bond motifs is 1. The minimum Gasteiger partial charge on any atom is -0.508 e. The summed E-state index contributed by atoms with van der Waals surface area (Å²) in [6, 6.07) is 7.26. The number of aryl methyl sites for hydroxylation is 1. The zero-order valence-electron chi connectivity index (χ0n) is 17.2. The number of ether oxygens (including phenoxy) is 2. The van der Waals surface area contributed by atoms with Crippen LogP contribution in [0.1, 0.15) is 33.2 Å². The molecule has 0 bridgehead atoms. The lowest BCUT2D eigenvalue weighted by Crippen LogP contribution is -2.34. The lowest BCUT2D eigenvalue weighted by molar-refractivity contribution is -0.0188. The fourth-order valence-corrected chi connectivity index (χ4v) is 3.70. The lowest BCUT2D eigenvalue weighted by atomic mass is 9.92. The number of hydrogen-bond acceptors (Lipinski definition) is 10. The van der Waals surface area contributed by atoms with Crippen LogP contribution in [0.2, 0.25) is 0 Å². The number of rotatable bonds is 3. The molecule has 33 heavy (non-hydrogen) atoms. The second-order valence-electron chi connectivity index (χ2n) is 7.72. The molecule has 1 aliphatic heterocycles. The number of phenols is 7. The Morgan fingerprint density at radius 1 is 0.818 bits per heavy atom. The van der Waals surface area contributed by atoms with E-state index in [0.717, 1.165) is 24.3 Å². The summed E-state index contributed by atoms with van der Waals surface area (Å²) in [6.45, 7) is 1.74. The van der Waals surface area contributed by atoms with Gasteiger partial charge in [-0.3, -0.25) is 0 Å². The van der Waals surface area contributed by atoms with Gasteiger partial charge in [0.15, 0.2) is 40.6 Å². The first-order chi connectivity index (χ1) is 15.5. The third-order valence-corrected chi connectivity index (χ3v) is 5.31. The SMILES string of the molecule is Cc1cc(O)c2c(c1)O[C@H](c1cc(O)c(O)c(O)c1)[C@H](OC(=O)c1cc(O)c(O)c(O)c1)C2. The summed E-state index contributed by atoms with van der Waals surface area (Å²) in [7, 11) is 0. The monoisotopic (exact) mass is 456 g/mol. The number of carbonyl (C=O) groups excluding carboxylic acids is 1. The smallest absolute Gasteiger partial charge is 0.338 e. The molecule has 0 amide bonds. The Bertz CT molecular complexity index is 1220. The Hall–Kier alpha value is -4.47. The van der Waals surface area contributed by atoms with Crippen molar-refractivity contribution in [1.29, 1.82) is 0 Å². The Kier molecular flexibility index (Phi) is 5.21. The van der Waals surface area contributed by atoms with Crippen molar-refractivity contribution in [1.82, 2.24) is 0 Å². The molecule has 3 aromatic carbocycles. The van der Waals surface area contributed by atoms with Crippen molar-refractivity contribution in [3.8, 4) is 46.0 Å². The van der Waals surface area contributed by atoms with Gasteiger partial charge in [-0.1, -0.05) is 0 Å². The molecule has 0 saturated carbocycles. The van der Waals surface area contributed by atoms with Crippen LogP contribution >= 0.6 is 0 Å². The first-order valence-electron chi connectivity index (χ1n) is 9.75. The second-order valence-corrected chi connectivity index (χ2v) is 7.72. The molecule has 0 spiro atoms. The van der Waals surface area contributed by atoms with Gasteiger partial charge in [0, 0.05) is 17.5 Å². The van der Waals surface area contributed by atoms with Gasteiger partial charge in [-0.05, 0) is 48.9 Å². The minimum atomic E-state index is -1.10. The summed E-state index contributed by atoms with van der Waals surface area (Å²) in [4.78, 5) is 12.8. The van der Waals surface area contributed by atoms with E-state index in [-0.39, 0.29) is 23.3 Å². The van der Waals surface area contributed by atoms with Gasteiger partial charge in [-0.25, -0.2) is 4.79 Å². The van der Waals surface area contributed by atoms with Crippen molar-refractivity contribution < 1.29 is 50.0 Å². The highest BCUT2D eigenvalue weighted by Crippen LogP contribution is 2.45. The number of benzene rings is 3. The van der Waals surface area contributed by atoms with Gasteiger partial charge < -0.3 is 45.2 Å². The maximum Gasteiger partial charge on any atom is 0.338 e. The van der Waals surface area contributed by atoms with Crippen molar-refractivity contribution in [2.24, 2.45) is 0 Å². The molecule has 10 nitrogen and oxygen atoms in total. The highest BCUT2D eigenvalue weighted by molar-refractivity contribution is 5.91. The molecule has 10 heteroatoms. The van der Waals surface area contributed by atoms with E-state index in [1.807, 2.05) is 0 Å². The van der Waals surface area contributed by atoms with Crippen molar-refractivity contribution in [2.45, 2.75) is 25.6 Å². The molecule has 0 radical (unpaired) electrons. The zero-order valence-corrected chi connectivity index (χ0v) is 17.2. The van der Waals surface area contributed by atoms with Crippen LogP contribution in [0.5, 0.6) is 46.0 Å². The molecule has 7 N–H and O–H groups in total. The third kappa shape index (κ3) is 3.93. The average molecular weight is 456 g/mol. The Morgan fingerprint density at radius 2 is 1.36 bits per heavy atom. The van der Waals surface area contributed by atoms with E-state index >= 15 is 0 Å². The molecular weight excluding hydrogens is 436 g/mol. The molecule has 1 heterocycles. The number of phenolic OH excluding ortho intramolecular Hbond substituents is 7. The highest BCUT2D eigenvalue weighted by atomic mass is 16.6. The Balaban J connectivity index is 1.75. The summed E-state index contributed by atoms with van der Waals surface area (Å²) in [5.74, 6) is -4.99. The summed E-state index contributed by atoms with van der Waals surface area (Å²) in [6.07, 6.45) is -2.18. The first kappa shape index (κ1) is 21.8.